The van der Waals surface area contributed by atoms with Crippen molar-refractivity contribution in [3.05, 3.63) is 88.2 Å². The number of hydrogen-bond donors (Lipinski definition) is 0. The smallest absolute Gasteiger partial charge is 0.338 e. The minimum absolute atomic E-state index is 0.186. The summed E-state index contributed by atoms with van der Waals surface area (Å²) in [4.78, 5) is 32.5. The molecular formula is C22H19ClN2O3S2. The van der Waals surface area contributed by atoms with Crippen LogP contribution in [0.25, 0.3) is 6.08 Å². The monoisotopic (exact) mass is 458 g/mol. The molecule has 2 aromatic heterocycles. The van der Waals surface area contributed by atoms with Gasteiger partial charge in [-0.1, -0.05) is 41.1 Å². The number of halogens is 1. The quantitative estimate of drug-likeness (QED) is 0.557. The topological polar surface area (TPSA) is 60.7 Å². The summed E-state index contributed by atoms with van der Waals surface area (Å²) in [6.07, 6.45) is 1.57. The first-order chi connectivity index (χ1) is 14.3. The molecule has 0 N–H and O–H groups in total. The van der Waals surface area contributed by atoms with Crippen molar-refractivity contribution in [2.45, 2.75) is 32.9 Å². The number of thiazole rings is 1. The van der Waals surface area contributed by atoms with Crippen molar-refractivity contribution in [3.63, 3.8) is 0 Å². The van der Waals surface area contributed by atoms with E-state index in [0.29, 0.717) is 25.6 Å². The van der Waals surface area contributed by atoms with Crippen LogP contribution in [-0.4, -0.2) is 16.6 Å². The van der Waals surface area contributed by atoms with Crippen molar-refractivity contribution in [1.29, 1.82) is 0 Å². The molecule has 1 unspecified atom stereocenters. The van der Waals surface area contributed by atoms with Crippen molar-refractivity contribution < 1.29 is 9.53 Å². The summed E-state index contributed by atoms with van der Waals surface area (Å²) in [5.41, 5.74) is 1.49. The zero-order chi connectivity index (χ0) is 21.4. The Morgan fingerprint density at radius 3 is 2.63 bits per heavy atom. The van der Waals surface area contributed by atoms with Crippen LogP contribution in [0.4, 0.5) is 0 Å². The van der Waals surface area contributed by atoms with Gasteiger partial charge in [0.05, 0.1) is 27.9 Å². The van der Waals surface area contributed by atoms with E-state index in [0.717, 1.165) is 10.4 Å². The van der Waals surface area contributed by atoms with Crippen LogP contribution >= 0.6 is 34.3 Å². The van der Waals surface area contributed by atoms with Crippen molar-refractivity contribution >= 4 is 46.3 Å². The number of thiophene rings is 1. The molecule has 0 fully saturated rings. The summed E-state index contributed by atoms with van der Waals surface area (Å²) in [7, 11) is 0. The number of carbonyl (C=O) groups excluding carboxylic acids is 1. The number of esters is 1. The molecule has 0 bridgehead atoms. The maximum Gasteiger partial charge on any atom is 0.338 e. The highest BCUT2D eigenvalue weighted by Gasteiger charge is 2.33. The lowest BCUT2D eigenvalue weighted by Gasteiger charge is -2.25. The summed E-state index contributed by atoms with van der Waals surface area (Å²) in [5, 5.41) is 2.54. The number of fused-ring (bicyclic) bond motifs is 1. The normalized spacial score (nSPS) is 16.6. The summed E-state index contributed by atoms with van der Waals surface area (Å²) in [6, 6.07) is 10.4. The highest BCUT2D eigenvalue weighted by molar-refractivity contribution is 7.11. The van der Waals surface area contributed by atoms with E-state index in [4.69, 9.17) is 16.3 Å². The fourth-order valence-electron chi connectivity index (χ4n) is 3.32. The molecule has 0 aliphatic carbocycles. The Morgan fingerprint density at radius 1 is 1.27 bits per heavy atom. The van der Waals surface area contributed by atoms with E-state index in [-0.39, 0.29) is 11.7 Å². The molecule has 4 rings (SSSR count). The van der Waals surface area contributed by atoms with E-state index in [1.807, 2.05) is 35.7 Å². The van der Waals surface area contributed by atoms with Gasteiger partial charge in [-0.3, -0.25) is 9.36 Å². The van der Waals surface area contributed by atoms with Gasteiger partial charge in [0, 0.05) is 9.90 Å². The van der Waals surface area contributed by atoms with Crippen molar-refractivity contribution in [1.82, 2.24) is 4.57 Å². The fraction of sp³-hybridized carbons (Fsp3) is 0.227. The third-order valence-corrected chi connectivity index (χ3v) is 6.64. The molecule has 5 nitrogen and oxygen atoms in total. The predicted molar refractivity (Wildman–Crippen MR) is 121 cm³/mol. The largest absolute Gasteiger partial charge is 0.459 e. The van der Waals surface area contributed by atoms with Gasteiger partial charge < -0.3 is 4.74 Å². The second-order valence-corrected chi connectivity index (χ2v) is 9.53. The molecule has 3 heterocycles. The van der Waals surface area contributed by atoms with Gasteiger partial charge in [0.15, 0.2) is 4.80 Å². The molecular weight excluding hydrogens is 440 g/mol. The maximum atomic E-state index is 13.4. The summed E-state index contributed by atoms with van der Waals surface area (Å²) < 4.78 is 7.63. The lowest BCUT2D eigenvalue weighted by atomic mass is 9.96. The van der Waals surface area contributed by atoms with E-state index >= 15 is 0 Å². The average Bonchev–Trinajstić information content (AvgIpc) is 3.29. The number of benzene rings is 1. The van der Waals surface area contributed by atoms with Gasteiger partial charge in [0.2, 0.25) is 0 Å². The van der Waals surface area contributed by atoms with E-state index in [9.17, 15) is 9.59 Å². The van der Waals surface area contributed by atoms with E-state index in [2.05, 4.69) is 4.99 Å². The highest BCUT2D eigenvalue weighted by Crippen LogP contribution is 2.31. The summed E-state index contributed by atoms with van der Waals surface area (Å²) in [6.45, 7) is 5.36. The van der Waals surface area contributed by atoms with Gasteiger partial charge >= 0.3 is 5.97 Å². The highest BCUT2D eigenvalue weighted by atomic mass is 35.5. The number of rotatable bonds is 4. The van der Waals surface area contributed by atoms with Crippen LogP contribution in [0.15, 0.2) is 62.8 Å². The van der Waals surface area contributed by atoms with Crippen molar-refractivity contribution in [2.75, 3.05) is 0 Å². The Kier molecular flexibility index (Phi) is 5.77. The molecule has 154 valence electrons. The van der Waals surface area contributed by atoms with Gasteiger partial charge in [-0.2, -0.15) is 0 Å². The third-order valence-electron chi connectivity index (χ3n) is 4.59. The molecule has 30 heavy (non-hydrogen) atoms. The molecule has 1 aliphatic heterocycles. The van der Waals surface area contributed by atoms with Crippen LogP contribution < -0.4 is 14.9 Å². The predicted octanol–water partition coefficient (Wildman–Crippen LogP) is 3.90. The first-order valence-electron chi connectivity index (χ1n) is 9.37. The molecule has 0 amide bonds. The molecule has 8 heteroatoms. The SMILES string of the molecule is CC1=C(C(=O)OC(C)C)C(c2ccc(Cl)cc2)n2c(s/c(=C\c3cccs3)c2=O)=N1. The minimum atomic E-state index is -0.629. The number of hydrogen-bond acceptors (Lipinski definition) is 6. The first-order valence-corrected chi connectivity index (χ1v) is 11.4. The van der Waals surface area contributed by atoms with E-state index in [1.54, 1.807) is 48.8 Å². The molecule has 0 saturated heterocycles. The summed E-state index contributed by atoms with van der Waals surface area (Å²) >= 11 is 8.94. The molecule has 1 aromatic carbocycles. The number of ether oxygens (including phenoxy) is 1. The van der Waals surface area contributed by atoms with Crippen LogP contribution in [0.5, 0.6) is 0 Å². The molecule has 1 atom stereocenters. The fourth-order valence-corrected chi connectivity index (χ4v) is 5.22. The lowest BCUT2D eigenvalue weighted by Crippen LogP contribution is -2.40. The molecule has 0 radical (unpaired) electrons. The van der Waals surface area contributed by atoms with Gasteiger partial charge in [-0.05, 0) is 56.0 Å². The number of allylic oxidation sites excluding steroid dienone is 1. The van der Waals surface area contributed by atoms with Crippen molar-refractivity contribution in [3.8, 4) is 0 Å². The Bertz CT molecular complexity index is 1300. The Morgan fingerprint density at radius 2 is 2.00 bits per heavy atom. The van der Waals surface area contributed by atoms with E-state index < -0.39 is 12.0 Å². The van der Waals surface area contributed by atoms with E-state index in [1.165, 1.54) is 11.3 Å². The van der Waals surface area contributed by atoms with Crippen LogP contribution in [0.1, 0.15) is 37.3 Å². The standard InChI is InChI=1S/C22H19ClN2O3S2/c1-12(2)28-21(27)18-13(3)24-22-25(19(18)14-6-8-15(23)9-7-14)20(26)17(30-22)11-16-5-4-10-29-16/h4-12,19H,1-3H3/b17-11-. The van der Waals surface area contributed by atoms with Gasteiger partial charge in [-0.25, -0.2) is 9.79 Å². The van der Waals surface area contributed by atoms with Crippen LogP contribution in [0.2, 0.25) is 5.02 Å². The van der Waals surface area contributed by atoms with Crippen LogP contribution in [-0.2, 0) is 9.53 Å². The van der Waals surface area contributed by atoms with Crippen LogP contribution in [0, 0.1) is 0 Å². The number of aromatic nitrogens is 1. The maximum absolute atomic E-state index is 13.4. The number of nitrogens with zero attached hydrogens (tertiary/aromatic N) is 2. The first kappa shape index (κ1) is 20.8. The molecule has 1 aliphatic rings. The minimum Gasteiger partial charge on any atom is -0.459 e. The molecule has 3 aromatic rings. The summed E-state index contributed by atoms with van der Waals surface area (Å²) in [5.74, 6) is -0.473. The van der Waals surface area contributed by atoms with Crippen LogP contribution in [0.3, 0.4) is 0 Å². The Labute approximate surface area is 186 Å². The molecule has 0 spiro atoms. The lowest BCUT2D eigenvalue weighted by molar-refractivity contribution is -0.143. The van der Waals surface area contributed by atoms with Crippen molar-refractivity contribution in [2.24, 2.45) is 4.99 Å². The van der Waals surface area contributed by atoms with Gasteiger partial charge in [-0.15, -0.1) is 11.3 Å². The van der Waals surface area contributed by atoms with Gasteiger partial charge in [0.1, 0.15) is 0 Å². The second kappa shape index (κ2) is 8.34. The number of carbonyl (C=O) groups is 1. The zero-order valence-electron chi connectivity index (χ0n) is 16.6. The Hall–Kier alpha value is -2.48. The average molecular weight is 459 g/mol. The second-order valence-electron chi connectivity index (χ2n) is 7.10. The third kappa shape index (κ3) is 3.93. The zero-order valence-corrected chi connectivity index (χ0v) is 19.0. The van der Waals surface area contributed by atoms with Gasteiger partial charge in [0.25, 0.3) is 5.56 Å². The molecule has 0 saturated carbocycles. The Balaban J connectivity index is 1.95.